The van der Waals surface area contributed by atoms with Crippen LogP contribution in [0.25, 0.3) is 0 Å². The maximum atomic E-state index is 12.3. The van der Waals surface area contributed by atoms with Crippen LogP contribution >= 0.6 is 0 Å². The van der Waals surface area contributed by atoms with Crippen LogP contribution < -0.4 is 10.6 Å². The third-order valence-corrected chi connectivity index (χ3v) is 3.29. The van der Waals surface area contributed by atoms with Gasteiger partial charge in [-0.3, -0.25) is 4.79 Å². The number of hydrogen-bond acceptors (Lipinski definition) is 2. The summed E-state index contributed by atoms with van der Waals surface area (Å²) in [5.74, 6) is 0.0685. The van der Waals surface area contributed by atoms with Crippen molar-refractivity contribution in [3.8, 4) is 0 Å². The van der Waals surface area contributed by atoms with Crippen LogP contribution in [0, 0.1) is 0 Å². The Kier molecular flexibility index (Phi) is 3.79. The molecule has 0 bridgehead atoms. The van der Waals surface area contributed by atoms with E-state index in [-0.39, 0.29) is 11.9 Å². The molecule has 1 aromatic rings. The Hall–Kier alpha value is -1.35. The second-order valence-electron chi connectivity index (χ2n) is 4.62. The number of aryl methyl sites for hydroxylation is 1. The molecule has 1 heterocycles. The quantitative estimate of drug-likeness (QED) is 0.867. The van der Waals surface area contributed by atoms with Gasteiger partial charge in [0.15, 0.2) is 0 Å². The van der Waals surface area contributed by atoms with Crippen molar-refractivity contribution >= 4 is 11.6 Å². The number of rotatable bonds is 3. The summed E-state index contributed by atoms with van der Waals surface area (Å²) in [5, 5.41) is 0. The van der Waals surface area contributed by atoms with E-state index in [1.54, 1.807) is 0 Å². The van der Waals surface area contributed by atoms with E-state index in [1.807, 2.05) is 23.1 Å². The van der Waals surface area contributed by atoms with E-state index in [4.69, 9.17) is 5.73 Å². The van der Waals surface area contributed by atoms with Crippen LogP contribution in [0.1, 0.15) is 31.7 Å². The number of hydrogen-bond donors (Lipinski definition) is 1. The summed E-state index contributed by atoms with van der Waals surface area (Å²) >= 11 is 0. The first-order valence-corrected chi connectivity index (χ1v) is 6.39. The van der Waals surface area contributed by atoms with Crippen LogP contribution in [0.15, 0.2) is 24.3 Å². The zero-order valence-corrected chi connectivity index (χ0v) is 10.4. The highest BCUT2D eigenvalue weighted by Crippen LogP contribution is 2.27. The van der Waals surface area contributed by atoms with Gasteiger partial charge in [0, 0.05) is 12.2 Å². The lowest BCUT2D eigenvalue weighted by Gasteiger charge is -2.31. The predicted molar refractivity (Wildman–Crippen MR) is 70.0 cm³/mol. The first kappa shape index (κ1) is 12.1. The number of para-hydroxylation sites is 1. The Morgan fingerprint density at radius 2 is 2.24 bits per heavy atom. The summed E-state index contributed by atoms with van der Waals surface area (Å²) in [4.78, 5) is 14.1. The molecule has 1 aliphatic heterocycles. The molecule has 1 atom stereocenters. The Morgan fingerprint density at radius 3 is 3.00 bits per heavy atom. The van der Waals surface area contributed by atoms with Gasteiger partial charge < -0.3 is 10.6 Å². The van der Waals surface area contributed by atoms with Crippen LogP contribution in [-0.4, -0.2) is 18.5 Å². The molecule has 0 aromatic heterocycles. The molecule has 1 aliphatic rings. The van der Waals surface area contributed by atoms with E-state index in [0.717, 1.165) is 37.9 Å². The standard InChI is InChI=1S/C14H20N2O/c1-2-6-12(15)14(17)16-10-5-8-11-7-3-4-9-13(11)16/h3-4,7,9,12H,2,5-6,8,10,15H2,1H3/t12-/m0/s1. The monoisotopic (exact) mass is 232 g/mol. The third-order valence-electron chi connectivity index (χ3n) is 3.29. The molecule has 0 saturated carbocycles. The van der Waals surface area contributed by atoms with E-state index >= 15 is 0 Å². The van der Waals surface area contributed by atoms with E-state index in [1.165, 1.54) is 5.56 Å². The number of nitrogens with zero attached hydrogens (tertiary/aromatic N) is 1. The van der Waals surface area contributed by atoms with Crippen LogP contribution in [0.2, 0.25) is 0 Å². The highest BCUT2D eigenvalue weighted by molar-refractivity contribution is 5.98. The number of carbonyl (C=O) groups is 1. The molecule has 1 aromatic carbocycles. The van der Waals surface area contributed by atoms with Crippen molar-refractivity contribution in [1.82, 2.24) is 0 Å². The largest absolute Gasteiger partial charge is 0.320 e. The zero-order chi connectivity index (χ0) is 12.3. The molecule has 3 nitrogen and oxygen atoms in total. The van der Waals surface area contributed by atoms with Crippen molar-refractivity contribution in [3.63, 3.8) is 0 Å². The highest BCUT2D eigenvalue weighted by atomic mass is 16.2. The molecule has 17 heavy (non-hydrogen) atoms. The summed E-state index contributed by atoms with van der Waals surface area (Å²) in [6.07, 6.45) is 3.80. The second-order valence-corrected chi connectivity index (χ2v) is 4.62. The Morgan fingerprint density at radius 1 is 1.47 bits per heavy atom. The van der Waals surface area contributed by atoms with Gasteiger partial charge >= 0.3 is 0 Å². The van der Waals surface area contributed by atoms with Crippen molar-refractivity contribution in [2.24, 2.45) is 5.73 Å². The number of amides is 1. The molecule has 0 saturated heterocycles. The topological polar surface area (TPSA) is 46.3 Å². The second kappa shape index (κ2) is 5.32. The van der Waals surface area contributed by atoms with E-state index in [2.05, 4.69) is 13.0 Å². The van der Waals surface area contributed by atoms with E-state index in [9.17, 15) is 4.79 Å². The summed E-state index contributed by atoms with van der Waals surface area (Å²) in [6, 6.07) is 7.77. The van der Waals surface area contributed by atoms with Crippen LogP contribution in [-0.2, 0) is 11.2 Å². The summed E-state index contributed by atoms with van der Waals surface area (Å²) < 4.78 is 0. The molecular weight excluding hydrogens is 212 g/mol. The summed E-state index contributed by atoms with van der Waals surface area (Å²) in [6.45, 7) is 2.85. The normalized spacial score (nSPS) is 16.5. The highest BCUT2D eigenvalue weighted by Gasteiger charge is 2.25. The molecule has 0 radical (unpaired) electrons. The first-order valence-electron chi connectivity index (χ1n) is 6.39. The fraction of sp³-hybridized carbons (Fsp3) is 0.500. The van der Waals surface area contributed by atoms with Crippen LogP contribution in [0.4, 0.5) is 5.69 Å². The fourth-order valence-electron chi connectivity index (χ4n) is 2.40. The lowest BCUT2D eigenvalue weighted by molar-refractivity contribution is -0.120. The minimum atomic E-state index is -0.355. The predicted octanol–water partition coefficient (Wildman–Crippen LogP) is 2.09. The number of nitrogens with two attached hydrogens (primary N) is 1. The van der Waals surface area contributed by atoms with E-state index < -0.39 is 0 Å². The van der Waals surface area contributed by atoms with Gasteiger partial charge in [-0.15, -0.1) is 0 Å². The number of anilines is 1. The average Bonchev–Trinajstić information content (AvgIpc) is 2.37. The lowest BCUT2D eigenvalue weighted by atomic mass is 10.0. The molecule has 0 spiro atoms. The average molecular weight is 232 g/mol. The third kappa shape index (κ3) is 2.50. The van der Waals surface area contributed by atoms with Gasteiger partial charge in [0.1, 0.15) is 0 Å². The van der Waals surface area contributed by atoms with Gasteiger partial charge in [0.25, 0.3) is 0 Å². The summed E-state index contributed by atoms with van der Waals surface area (Å²) in [5.41, 5.74) is 8.24. The van der Waals surface area contributed by atoms with E-state index in [0.29, 0.717) is 0 Å². The van der Waals surface area contributed by atoms with Crippen molar-refractivity contribution in [2.75, 3.05) is 11.4 Å². The van der Waals surface area contributed by atoms with Crippen molar-refractivity contribution < 1.29 is 4.79 Å². The SMILES string of the molecule is CCC[C@H](N)C(=O)N1CCCc2ccccc21. The van der Waals surface area contributed by atoms with Crippen LogP contribution in [0.3, 0.4) is 0 Å². The molecular formula is C14H20N2O. The van der Waals surface area contributed by atoms with Gasteiger partial charge in [-0.2, -0.15) is 0 Å². The van der Waals surface area contributed by atoms with Gasteiger partial charge in [-0.1, -0.05) is 31.5 Å². The first-order chi connectivity index (χ1) is 8.24. The van der Waals surface area contributed by atoms with Gasteiger partial charge in [-0.25, -0.2) is 0 Å². The molecule has 92 valence electrons. The van der Waals surface area contributed by atoms with Gasteiger partial charge in [0.05, 0.1) is 6.04 Å². The number of fused-ring (bicyclic) bond motifs is 1. The Labute approximate surface area is 103 Å². The minimum absolute atomic E-state index is 0.0685. The number of carbonyl (C=O) groups excluding carboxylic acids is 1. The van der Waals surface area contributed by atoms with Gasteiger partial charge in [0.2, 0.25) is 5.91 Å². The molecule has 2 rings (SSSR count). The smallest absolute Gasteiger partial charge is 0.243 e. The number of benzene rings is 1. The maximum Gasteiger partial charge on any atom is 0.243 e. The fourth-order valence-corrected chi connectivity index (χ4v) is 2.40. The molecule has 1 amide bonds. The Balaban J connectivity index is 2.20. The van der Waals surface area contributed by atoms with Crippen molar-refractivity contribution in [2.45, 2.75) is 38.6 Å². The Bertz CT molecular complexity index is 403. The molecule has 2 N–H and O–H groups in total. The molecule has 0 aliphatic carbocycles. The zero-order valence-electron chi connectivity index (χ0n) is 10.4. The summed E-state index contributed by atoms with van der Waals surface area (Å²) in [7, 11) is 0. The molecule has 0 fully saturated rings. The maximum absolute atomic E-state index is 12.3. The van der Waals surface area contributed by atoms with Crippen molar-refractivity contribution in [1.29, 1.82) is 0 Å². The molecule has 3 heteroatoms. The van der Waals surface area contributed by atoms with Gasteiger partial charge in [-0.05, 0) is 30.9 Å². The minimum Gasteiger partial charge on any atom is -0.320 e. The molecule has 0 unspecified atom stereocenters. The van der Waals surface area contributed by atoms with Crippen molar-refractivity contribution in [3.05, 3.63) is 29.8 Å². The lowest BCUT2D eigenvalue weighted by Crippen LogP contribution is -2.46. The van der Waals surface area contributed by atoms with Crippen LogP contribution in [0.5, 0.6) is 0 Å².